The Balaban J connectivity index is 0.00000121. The van der Waals surface area contributed by atoms with Gasteiger partial charge in [-0.25, -0.2) is 4.79 Å². The van der Waals surface area contributed by atoms with Gasteiger partial charge in [-0.3, -0.25) is 0 Å². The van der Waals surface area contributed by atoms with Crippen LogP contribution < -0.4 is 0 Å². The molecule has 0 spiro atoms. The molecule has 3 nitrogen and oxygen atoms in total. The topological polar surface area (TPSA) is 46.5 Å². The zero-order valence-corrected chi connectivity index (χ0v) is 8.40. The van der Waals surface area contributed by atoms with Gasteiger partial charge in [-0.2, -0.15) is 9.90 Å². The first-order valence-corrected chi connectivity index (χ1v) is 3.39. The predicted molar refractivity (Wildman–Crippen MR) is 51.5 cm³/mol. The molecule has 0 saturated heterocycles. The molecule has 2 unspecified atom stereocenters. The van der Waals surface area contributed by atoms with Crippen molar-refractivity contribution in [3.63, 3.8) is 0 Å². The Morgan fingerprint density at radius 2 is 2.25 bits per heavy atom. The lowest BCUT2D eigenvalue weighted by Crippen LogP contribution is -2.28. The zero-order chi connectivity index (χ0) is 8.32. The Morgan fingerprint density at radius 3 is 2.67 bits per heavy atom. The van der Waals surface area contributed by atoms with Gasteiger partial charge in [-0.15, -0.1) is 0 Å². The minimum atomic E-state index is -1.23. The minimum Gasteiger partial charge on any atom is -0.450 e. The van der Waals surface area contributed by atoms with Gasteiger partial charge in [0.25, 0.3) is 0 Å². The second-order valence-corrected chi connectivity index (χ2v) is 2.67. The Labute approximate surface area is 74.7 Å². The highest BCUT2D eigenvalue weighted by Crippen LogP contribution is 2.21. The van der Waals surface area contributed by atoms with Crippen molar-refractivity contribution in [2.75, 3.05) is 0 Å². The summed E-state index contributed by atoms with van der Waals surface area (Å²) in [5.41, 5.74) is -0.666. The summed E-state index contributed by atoms with van der Waals surface area (Å²) in [6.07, 6.45) is 6.65. The number of hydrogen-bond donors (Lipinski definition) is 1. The van der Waals surface area contributed by atoms with Gasteiger partial charge in [0.15, 0.2) is 0 Å². The van der Waals surface area contributed by atoms with Crippen LogP contribution in [0.15, 0.2) is 24.3 Å². The molecule has 2 atom stereocenters. The van der Waals surface area contributed by atoms with E-state index in [0.717, 1.165) is 0 Å². The molecule has 0 aromatic rings. The molecule has 68 valence electrons. The molecular weight excluding hydrogens is 175 g/mol. The third-order valence-corrected chi connectivity index (χ3v) is 1.54. The van der Waals surface area contributed by atoms with Gasteiger partial charge in [0.05, 0.1) is 0 Å². The van der Waals surface area contributed by atoms with Gasteiger partial charge in [-0.1, -0.05) is 18.2 Å². The lowest BCUT2D eigenvalue weighted by atomic mass is 9.98. The summed E-state index contributed by atoms with van der Waals surface area (Å²) >= 11 is 0. The summed E-state index contributed by atoms with van der Waals surface area (Å²) < 4.78 is 4.66. The highest BCUT2D eigenvalue weighted by Gasteiger charge is 2.24. The molecule has 0 bridgehead atoms. The van der Waals surface area contributed by atoms with Gasteiger partial charge in [0.2, 0.25) is 0 Å². The molecule has 0 aliphatic heterocycles. The number of ether oxygens (including phenoxy) is 1. The maximum atomic E-state index is 10.2. The van der Waals surface area contributed by atoms with Crippen LogP contribution in [-0.4, -0.2) is 16.9 Å². The fourth-order valence-electron chi connectivity index (χ4n) is 0.983. The van der Waals surface area contributed by atoms with Crippen molar-refractivity contribution in [1.82, 2.24) is 0 Å². The fourth-order valence-corrected chi connectivity index (χ4v) is 0.983. The first-order chi connectivity index (χ1) is 5.12. The summed E-state index contributed by atoms with van der Waals surface area (Å²) in [5.74, 6) is 0. The van der Waals surface area contributed by atoms with E-state index in [1.165, 1.54) is 0 Å². The first kappa shape index (κ1) is 11.2. The fraction of sp³-hybridized carbons (Fsp3) is 0.375. The van der Waals surface area contributed by atoms with Crippen LogP contribution in [0.2, 0.25) is 0 Å². The van der Waals surface area contributed by atoms with Gasteiger partial charge in [-0.05, 0) is 13.0 Å². The standard InChI is InChI=1S/C8H10O3.H3P/c1-8(11-7(9)10)5-3-2-4-6-8;/h2-5H,6H2,1H3,(H,9,10);1H3. The quantitative estimate of drug-likeness (QED) is 0.505. The predicted octanol–water partition coefficient (Wildman–Crippen LogP) is 2.01. The van der Waals surface area contributed by atoms with Gasteiger partial charge in [0, 0.05) is 6.42 Å². The van der Waals surface area contributed by atoms with Crippen molar-refractivity contribution in [2.45, 2.75) is 18.9 Å². The first-order valence-electron chi connectivity index (χ1n) is 3.39. The molecule has 0 saturated carbocycles. The maximum Gasteiger partial charge on any atom is 0.506 e. The van der Waals surface area contributed by atoms with Crippen LogP contribution in [0.3, 0.4) is 0 Å². The lowest BCUT2D eigenvalue weighted by molar-refractivity contribution is 0.0218. The minimum absolute atomic E-state index is 0. The number of allylic oxidation sites excluding steroid dienone is 2. The molecule has 0 radical (unpaired) electrons. The van der Waals surface area contributed by atoms with Crippen LogP contribution in [-0.2, 0) is 4.74 Å². The van der Waals surface area contributed by atoms with Crippen molar-refractivity contribution in [1.29, 1.82) is 0 Å². The number of rotatable bonds is 1. The molecule has 0 amide bonds. The largest absolute Gasteiger partial charge is 0.506 e. The van der Waals surface area contributed by atoms with E-state index < -0.39 is 11.8 Å². The maximum absolute atomic E-state index is 10.2. The van der Waals surface area contributed by atoms with Gasteiger partial charge < -0.3 is 9.84 Å². The lowest BCUT2D eigenvalue weighted by Gasteiger charge is -2.24. The molecule has 1 N–H and O–H groups in total. The molecular formula is C8H13O3P. The molecule has 1 aliphatic rings. The average Bonchev–Trinajstić information content (AvgIpc) is 1.85. The average molecular weight is 188 g/mol. The van der Waals surface area contributed by atoms with Crippen molar-refractivity contribution in [2.24, 2.45) is 0 Å². The number of carbonyl (C=O) groups is 1. The van der Waals surface area contributed by atoms with Crippen LogP contribution in [0.1, 0.15) is 13.3 Å². The normalized spacial score (nSPS) is 26.1. The summed E-state index contributed by atoms with van der Waals surface area (Å²) in [5, 5.41) is 8.35. The van der Waals surface area contributed by atoms with E-state index in [4.69, 9.17) is 5.11 Å². The van der Waals surface area contributed by atoms with E-state index in [1.807, 2.05) is 12.2 Å². The van der Waals surface area contributed by atoms with Crippen LogP contribution in [0.4, 0.5) is 4.79 Å². The summed E-state index contributed by atoms with van der Waals surface area (Å²) in [6.45, 7) is 1.74. The molecule has 0 aromatic carbocycles. The van der Waals surface area contributed by atoms with E-state index in [9.17, 15) is 4.79 Å². The van der Waals surface area contributed by atoms with Gasteiger partial charge >= 0.3 is 6.16 Å². The second-order valence-electron chi connectivity index (χ2n) is 2.67. The Morgan fingerprint density at radius 1 is 1.58 bits per heavy atom. The molecule has 1 aliphatic carbocycles. The van der Waals surface area contributed by atoms with Crippen molar-refractivity contribution in [3.8, 4) is 0 Å². The summed E-state index contributed by atoms with van der Waals surface area (Å²) in [6, 6.07) is 0. The van der Waals surface area contributed by atoms with E-state index in [-0.39, 0.29) is 9.90 Å². The third-order valence-electron chi connectivity index (χ3n) is 1.54. The highest BCUT2D eigenvalue weighted by molar-refractivity contribution is 6.92. The van der Waals surface area contributed by atoms with Crippen molar-refractivity contribution >= 4 is 16.1 Å². The molecule has 0 fully saturated rings. The highest BCUT2D eigenvalue weighted by atomic mass is 31.0. The Kier molecular flexibility index (Phi) is 3.98. The van der Waals surface area contributed by atoms with E-state index in [1.54, 1.807) is 19.1 Å². The summed E-state index contributed by atoms with van der Waals surface area (Å²) in [7, 11) is 0. The summed E-state index contributed by atoms with van der Waals surface area (Å²) in [4.78, 5) is 10.2. The SMILES string of the molecule is CC1(OC(=O)O)C=CC=CC1.P. The molecule has 12 heavy (non-hydrogen) atoms. The van der Waals surface area contributed by atoms with E-state index in [2.05, 4.69) is 4.74 Å². The van der Waals surface area contributed by atoms with Crippen LogP contribution in [0.25, 0.3) is 0 Å². The molecule has 0 aromatic heterocycles. The number of hydrogen-bond acceptors (Lipinski definition) is 2. The van der Waals surface area contributed by atoms with Crippen molar-refractivity contribution in [3.05, 3.63) is 24.3 Å². The van der Waals surface area contributed by atoms with Crippen LogP contribution >= 0.6 is 9.90 Å². The number of carboxylic acid groups (broad SMARTS) is 1. The molecule has 0 heterocycles. The smallest absolute Gasteiger partial charge is 0.450 e. The van der Waals surface area contributed by atoms with Gasteiger partial charge in [0.1, 0.15) is 5.60 Å². The van der Waals surface area contributed by atoms with Crippen LogP contribution in [0, 0.1) is 0 Å². The third kappa shape index (κ3) is 3.05. The molecule has 1 rings (SSSR count). The Hall–Kier alpha value is -0.820. The second kappa shape index (κ2) is 4.27. The van der Waals surface area contributed by atoms with E-state index in [0.29, 0.717) is 6.42 Å². The van der Waals surface area contributed by atoms with E-state index >= 15 is 0 Å². The van der Waals surface area contributed by atoms with Crippen molar-refractivity contribution < 1.29 is 14.6 Å². The monoisotopic (exact) mass is 188 g/mol. The Bertz CT molecular complexity index is 222. The molecule has 4 heteroatoms. The zero-order valence-electron chi connectivity index (χ0n) is 6.99. The van der Waals surface area contributed by atoms with Crippen LogP contribution in [0.5, 0.6) is 0 Å².